The predicted molar refractivity (Wildman–Crippen MR) is 71.6 cm³/mol. The van der Waals surface area contributed by atoms with Gasteiger partial charge in [-0.15, -0.1) is 0 Å². The second kappa shape index (κ2) is 4.61. The molecule has 1 N–H and O–H groups in total. The normalized spacial score (nSPS) is 18.8. The molecule has 1 heterocycles. The summed E-state index contributed by atoms with van der Waals surface area (Å²) in [6, 6.07) is 5.38. The van der Waals surface area contributed by atoms with Crippen LogP contribution in [-0.2, 0) is 6.54 Å². The fourth-order valence-electron chi connectivity index (χ4n) is 1.93. The molecule has 2 aliphatic carbocycles. The highest BCUT2D eigenvalue weighted by Gasteiger charge is 2.32. The molecule has 3 rings (SSSR count). The Balaban J connectivity index is 1.65. The van der Waals surface area contributed by atoms with Gasteiger partial charge in [0.25, 0.3) is 0 Å². The molecule has 0 saturated heterocycles. The topological polar surface area (TPSA) is 28.2 Å². The summed E-state index contributed by atoms with van der Waals surface area (Å²) in [6.07, 6.45) is 8.82. The molecular formula is C13H17N3S. The maximum absolute atomic E-state index is 5.50. The van der Waals surface area contributed by atoms with Crippen LogP contribution in [0.1, 0.15) is 31.2 Å². The lowest BCUT2D eigenvalue weighted by molar-refractivity contribution is 0.395. The second-order valence-corrected chi connectivity index (χ2v) is 5.33. The minimum absolute atomic E-state index is 0.637. The van der Waals surface area contributed by atoms with Crippen LogP contribution in [0.5, 0.6) is 0 Å². The Kier molecular flexibility index (Phi) is 2.97. The maximum atomic E-state index is 5.50. The van der Waals surface area contributed by atoms with Gasteiger partial charge in [-0.25, -0.2) is 0 Å². The second-order valence-electron chi connectivity index (χ2n) is 4.94. The van der Waals surface area contributed by atoms with Crippen LogP contribution in [0.15, 0.2) is 24.5 Å². The minimum Gasteiger partial charge on any atom is -0.360 e. The summed E-state index contributed by atoms with van der Waals surface area (Å²) in [5.41, 5.74) is 1.24. The van der Waals surface area contributed by atoms with E-state index in [0.29, 0.717) is 12.1 Å². The number of aromatic nitrogens is 1. The van der Waals surface area contributed by atoms with Gasteiger partial charge in [-0.1, -0.05) is 6.07 Å². The Morgan fingerprint density at radius 2 is 2.24 bits per heavy atom. The Morgan fingerprint density at radius 1 is 1.41 bits per heavy atom. The summed E-state index contributed by atoms with van der Waals surface area (Å²) in [7, 11) is 0. The smallest absolute Gasteiger partial charge is 0.169 e. The summed E-state index contributed by atoms with van der Waals surface area (Å²) in [6.45, 7) is 0.886. The highest BCUT2D eigenvalue weighted by Crippen LogP contribution is 2.29. The first-order valence-electron chi connectivity index (χ1n) is 6.29. The molecule has 0 spiro atoms. The standard InChI is InChI=1S/C13H17N3S/c17-13(15-11-3-4-11)16(12-5-6-12)9-10-2-1-7-14-8-10/h1-2,7-8,11-12H,3-6,9H2,(H,15,17). The van der Waals surface area contributed by atoms with E-state index >= 15 is 0 Å². The van der Waals surface area contributed by atoms with Gasteiger partial charge in [0.15, 0.2) is 5.11 Å². The van der Waals surface area contributed by atoms with Crippen molar-refractivity contribution in [1.82, 2.24) is 15.2 Å². The number of pyridine rings is 1. The molecule has 0 aromatic carbocycles. The Bertz CT molecular complexity index is 398. The third kappa shape index (κ3) is 2.94. The fourth-order valence-corrected chi connectivity index (χ4v) is 2.31. The van der Waals surface area contributed by atoms with Crippen LogP contribution in [0, 0.1) is 0 Å². The van der Waals surface area contributed by atoms with E-state index in [0.717, 1.165) is 11.7 Å². The van der Waals surface area contributed by atoms with E-state index < -0.39 is 0 Å². The van der Waals surface area contributed by atoms with Crippen molar-refractivity contribution in [2.45, 2.75) is 44.3 Å². The first-order chi connectivity index (χ1) is 8.33. The largest absolute Gasteiger partial charge is 0.360 e. The van der Waals surface area contributed by atoms with Gasteiger partial charge >= 0.3 is 0 Å². The number of thiocarbonyl (C=S) groups is 1. The molecule has 3 nitrogen and oxygen atoms in total. The van der Waals surface area contributed by atoms with Gasteiger partial charge in [0.2, 0.25) is 0 Å². The first-order valence-corrected chi connectivity index (χ1v) is 6.70. The average molecular weight is 247 g/mol. The zero-order valence-electron chi connectivity index (χ0n) is 9.80. The zero-order valence-corrected chi connectivity index (χ0v) is 10.6. The van der Waals surface area contributed by atoms with Crippen molar-refractivity contribution in [3.63, 3.8) is 0 Å². The van der Waals surface area contributed by atoms with Crippen LogP contribution in [0.2, 0.25) is 0 Å². The van der Waals surface area contributed by atoms with Gasteiger partial charge in [-0.05, 0) is 49.5 Å². The van der Waals surface area contributed by atoms with E-state index in [1.807, 2.05) is 18.5 Å². The lowest BCUT2D eigenvalue weighted by Crippen LogP contribution is -2.41. The number of hydrogen-bond donors (Lipinski definition) is 1. The lowest BCUT2D eigenvalue weighted by Gasteiger charge is -2.25. The van der Waals surface area contributed by atoms with E-state index in [1.54, 1.807) is 0 Å². The van der Waals surface area contributed by atoms with Crippen LogP contribution in [0.4, 0.5) is 0 Å². The van der Waals surface area contributed by atoms with Crippen molar-refractivity contribution in [2.75, 3.05) is 0 Å². The average Bonchev–Trinajstić information content (AvgIpc) is 3.21. The SMILES string of the molecule is S=C(NC1CC1)N(Cc1cccnc1)C1CC1. The Labute approximate surface area is 107 Å². The van der Waals surface area contributed by atoms with Crippen molar-refractivity contribution in [1.29, 1.82) is 0 Å². The van der Waals surface area contributed by atoms with Gasteiger partial charge in [-0.2, -0.15) is 0 Å². The number of nitrogens with one attached hydrogen (secondary N) is 1. The molecule has 0 bridgehead atoms. The van der Waals surface area contributed by atoms with Crippen LogP contribution in [0.25, 0.3) is 0 Å². The quantitative estimate of drug-likeness (QED) is 0.825. The van der Waals surface area contributed by atoms with Crippen molar-refractivity contribution in [3.05, 3.63) is 30.1 Å². The summed E-state index contributed by atoms with van der Waals surface area (Å²) in [5.74, 6) is 0. The van der Waals surface area contributed by atoms with Gasteiger partial charge < -0.3 is 10.2 Å². The Hall–Kier alpha value is -1.16. The van der Waals surface area contributed by atoms with Crippen molar-refractivity contribution < 1.29 is 0 Å². The summed E-state index contributed by atoms with van der Waals surface area (Å²) >= 11 is 5.50. The molecule has 0 unspecified atom stereocenters. The molecule has 0 radical (unpaired) electrons. The lowest BCUT2D eigenvalue weighted by atomic mass is 10.2. The van der Waals surface area contributed by atoms with E-state index in [2.05, 4.69) is 21.3 Å². The summed E-state index contributed by atoms with van der Waals surface area (Å²) < 4.78 is 0. The van der Waals surface area contributed by atoms with Crippen LogP contribution >= 0.6 is 12.2 Å². The van der Waals surface area contributed by atoms with Gasteiger partial charge in [0.1, 0.15) is 0 Å². The molecule has 2 saturated carbocycles. The third-order valence-corrected chi connectivity index (χ3v) is 3.58. The minimum atomic E-state index is 0.637. The monoisotopic (exact) mass is 247 g/mol. The zero-order chi connectivity index (χ0) is 11.7. The molecule has 0 amide bonds. The number of hydrogen-bond acceptors (Lipinski definition) is 2. The molecule has 1 aromatic heterocycles. The number of nitrogens with zero attached hydrogens (tertiary/aromatic N) is 2. The summed E-state index contributed by atoms with van der Waals surface area (Å²) in [5, 5.41) is 4.36. The molecule has 0 atom stereocenters. The van der Waals surface area contributed by atoms with E-state index in [9.17, 15) is 0 Å². The summed E-state index contributed by atoms with van der Waals surface area (Å²) in [4.78, 5) is 6.48. The fraction of sp³-hybridized carbons (Fsp3) is 0.538. The molecule has 2 aliphatic rings. The number of rotatable bonds is 4. The third-order valence-electron chi connectivity index (χ3n) is 3.23. The van der Waals surface area contributed by atoms with Gasteiger partial charge in [0, 0.05) is 31.0 Å². The Morgan fingerprint density at radius 3 is 2.82 bits per heavy atom. The van der Waals surface area contributed by atoms with Crippen molar-refractivity contribution in [3.8, 4) is 0 Å². The van der Waals surface area contributed by atoms with Gasteiger partial charge in [0.05, 0.1) is 0 Å². The molecule has 2 fully saturated rings. The maximum Gasteiger partial charge on any atom is 0.169 e. The molecule has 0 aliphatic heterocycles. The first kappa shape index (κ1) is 11.0. The van der Waals surface area contributed by atoms with Crippen LogP contribution in [0.3, 0.4) is 0 Å². The van der Waals surface area contributed by atoms with E-state index in [4.69, 9.17) is 12.2 Å². The molecule has 17 heavy (non-hydrogen) atoms. The highest BCUT2D eigenvalue weighted by atomic mass is 32.1. The molecule has 90 valence electrons. The van der Waals surface area contributed by atoms with E-state index in [1.165, 1.54) is 31.2 Å². The molecular weight excluding hydrogens is 230 g/mol. The molecule has 1 aromatic rings. The van der Waals surface area contributed by atoms with Crippen LogP contribution < -0.4 is 5.32 Å². The highest BCUT2D eigenvalue weighted by molar-refractivity contribution is 7.80. The predicted octanol–water partition coefficient (Wildman–Crippen LogP) is 2.08. The van der Waals surface area contributed by atoms with E-state index in [-0.39, 0.29) is 0 Å². The van der Waals surface area contributed by atoms with Gasteiger partial charge in [-0.3, -0.25) is 4.98 Å². The molecule has 4 heteroatoms. The van der Waals surface area contributed by atoms with Crippen LogP contribution in [-0.4, -0.2) is 27.1 Å². The van der Waals surface area contributed by atoms with Crippen molar-refractivity contribution >= 4 is 17.3 Å². The van der Waals surface area contributed by atoms with Crippen molar-refractivity contribution in [2.24, 2.45) is 0 Å².